The van der Waals surface area contributed by atoms with Crippen LogP contribution < -0.4 is 4.90 Å². The Labute approximate surface area is 175 Å². The van der Waals surface area contributed by atoms with E-state index in [9.17, 15) is 4.79 Å². The second-order valence-corrected chi connectivity index (χ2v) is 8.94. The van der Waals surface area contributed by atoms with Crippen molar-refractivity contribution in [3.05, 3.63) is 64.8 Å². The molecule has 2 saturated heterocycles. The van der Waals surface area contributed by atoms with Crippen molar-refractivity contribution >= 4 is 23.2 Å². The van der Waals surface area contributed by atoms with Gasteiger partial charge in [-0.05, 0) is 43.8 Å². The van der Waals surface area contributed by atoms with Crippen LogP contribution in [0.25, 0.3) is 10.4 Å². The van der Waals surface area contributed by atoms with Crippen LogP contribution in [0.1, 0.15) is 28.2 Å². The smallest absolute Gasteiger partial charge is 0.254 e. The van der Waals surface area contributed by atoms with E-state index in [4.69, 9.17) is 0 Å². The lowest BCUT2D eigenvalue weighted by Gasteiger charge is -2.53. The van der Waals surface area contributed by atoms with Crippen LogP contribution in [0.2, 0.25) is 0 Å². The maximum absolute atomic E-state index is 13.4. The topological polar surface area (TPSA) is 49.3 Å². The summed E-state index contributed by atoms with van der Waals surface area (Å²) >= 11 is 1.67. The number of piperidine rings is 1. The molecule has 0 spiro atoms. The van der Waals surface area contributed by atoms with E-state index in [0.717, 1.165) is 59.4 Å². The summed E-state index contributed by atoms with van der Waals surface area (Å²) in [7, 11) is 0. The molecule has 0 N–H and O–H groups in total. The van der Waals surface area contributed by atoms with Crippen molar-refractivity contribution in [1.82, 2.24) is 14.9 Å². The molecule has 1 amide bonds. The average Bonchev–Trinajstić information content (AvgIpc) is 3.22. The zero-order chi connectivity index (χ0) is 20.0. The number of benzene rings is 1. The minimum atomic E-state index is 0.126. The molecular weight excluding hydrogens is 380 g/mol. The molecule has 3 aromatic rings. The molecule has 4 heterocycles. The highest BCUT2D eigenvalue weighted by atomic mass is 32.1. The first-order chi connectivity index (χ1) is 14.1. The lowest BCUT2D eigenvalue weighted by Crippen LogP contribution is -2.65. The normalized spacial score (nSPS) is 20.9. The number of hydrogen-bond donors (Lipinski definition) is 0. The van der Waals surface area contributed by atoms with Crippen molar-refractivity contribution in [2.45, 2.75) is 26.3 Å². The fourth-order valence-corrected chi connectivity index (χ4v) is 5.30. The minimum Gasteiger partial charge on any atom is -0.337 e. The van der Waals surface area contributed by atoms with Gasteiger partial charge in [-0.1, -0.05) is 24.3 Å². The summed E-state index contributed by atoms with van der Waals surface area (Å²) in [6, 6.07) is 14.4. The van der Waals surface area contributed by atoms with Crippen molar-refractivity contribution < 1.29 is 4.79 Å². The van der Waals surface area contributed by atoms with Crippen molar-refractivity contribution in [1.29, 1.82) is 0 Å². The third kappa shape index (κ3) is 3.31. The van der Waals surface area contributed by atoms with E-state index in [1.165, 1.54) is 0 Å². The van der Waals surface area contributed by atoms with Gasteiger partial charge in [0, 0.05) is 52.9 Å². The summed E-state index contributed by atoms with van der Waals surface area (Å²) in [6.07, 6.45) is 1.04. The van der Waals surface area contributed by atoms with E-state index in [1.807, 2.05) is 55.1 Å². The van der Waals surface area contributed by atoms with Gasteiger partial charge >= 0.3 is 0 Å². The molecule has 2 atom stereocenters. The van der Waals surface area contributed by atoms with Gasteiger partial charge < -0.3 is 9.80 Å². The Morgan fingerprint density at radius 2 is 1.86 bits per heavy atom. The SMILES string of the molecule is Cc1cc(C)nc(N2C[C@@H]3CCN(C(=O)c4ccccc4-c4cccs4)C[C@@H]32)n1. The molecular formula is C23H24N4OS. The monoisotopic (exact) mass is 404 g/mol. The van der Waals surface area contributed by atoms with Crippen molar-refractivity contribution in [2.75, 3.05) is 24.5 Å². The van der Waals surface area contributed by atoms with Crippen LogP contribution in [0.4, 0.5) is 5.95 Å². The van der Waals surface area contributed by atoms with E-state index in [1.54, 1.807) is 11.3 Å². The number of thiophene rings is 1. The Hall–Kier alpha value is -2.73. The van der Waals surface area contributed by atoms with E-state index in [0.29, 0.717) is 12.0 Å². The standard InChI is InChI=1S/C23H24N4OS/c1-15-12-16(2)25-23(24-15)27-13-17-9-10-26(14-20(17)27)22(28)19-7-4-3-6-18(19)21-8-5-11-29-21/h3-8,11-12,17,20H,9-10,13-14H2,1-2H3/t17-,20-/m0/s1. The molecule has 2 aliphatic heterocycles. The lowest BCUT2D eigenvalue weighted by molar-refractivity contribution is 0.0590. The maximum Gasteiger partial charge on any atom is 0.254 e. The number of amides is 1. The van der Waals surface area contributed by atoms with E-state index in [2.05, 4.69) is 26.3 Å². The van der Waals surface area contributed by atoms with Crippen molar-refractivity contribution in [3.63, 3.8) is 0 Å². The zero-order valence-electron chi connectivity index (χ0n) is 16.7. The fraction of sp³-hybridized carbons (Fsp3) is 0.348. The number of carbonyl (C=O) groups excluding carboxylic acids is 1. The molecule has 5 rings (SSSR count). The van der Waals surface area contributed by atoms with Crippen molar-refractivity contribution in [2.24, 2.45) is 5.92 Å². The molecule has 2 fully saturated rings. The molecule has 0 saturated carbocycles. The Bertz CT molecular complexity index is 1030. The van der Waals surface area contributed by atoms with E-state index < -0.39 is 0 Å². The van der Waals surface area contributed by atoms with Gasteiger partial charge in [-0.3, -0.25) is 4.79 Å². The lowest BCUT2D eigenvalue weighted by atomic mass is 9.82. The number of aromatic nitrogens is 2. The Morgan fingerprint density at radius 1 is 1.07 bits per heavy atom. The van der Waals surface area contributed by atoms with Crippen LogP contribution in [0.5, 0.6) is 0 Å². The summed E-state index contributed by atoms with van der Waals surface area (Å²) < 4.78 is 0. The highest BCUT2D eigenvalue weighted by Crippen LogP contribution is 2.36. The predicted octanol–water partition coefficient (Wildman–Crippen LogP) is 4.17. The van der Waals surface area contributed by atoms with Crippen LogP contribution in [0.3, 0.4) is 0 Å². The Balaban J connectivity index is 1.38. The van der Waals surface area contributed by atoms with E-state index >= 15 is 0 Å². The maximum atomic E-state index is 13.4. The second kappa shape index (κ2) is 7.26. The Morgan fingerprint density at radius 3 is 2.62 bits per heavy atom. The summed E-state index contributed by atoms with van der Waals surface area (Å²) in [5.74, 6) is 1.55. The number of fused-ring (bicyclic) bond motifs is 1. The largest absolute Gasteiger partial charge is 0.337 e. The first-order valence-corrected chi connectivity index (χ1v) is 11.0. The van der Waals surface area contributed by atoms with E-state index in [-0.39, 0.29) is 5.91 Å². The van der Waals surface area contributed by atoms with Gasteiger partial charge in [0.2, 0.25) is 5.95 Å². The van der Waals surface area contributed by atoms with Gasteiger partial charge in [-0.25, -0.2) is 9.97 Å². The number of aryl methyl sites for hydroxylation is 2. The molecule has 0 bridgehead atoms. The van der Waals surface area contributed by atoms with Gasteiger partial charge in [0.15, 0.2) is 0 Å². The molecule has 0 aliphatic carbocycles. The molecule has 0 radical (unpaired) electrons. The summed E-state index contributed by atoms with van der Waals surface area (Å²) in [6.45, 7) is 6.56. The van der Waals surface area contributed by atoms with Crippen LogP contribution in [-0.2, 0) is 0 Å². The summed E-state index contributed by atoms with van der Waals surface area (Å²) in [4.78, 5) is 28.1. The minimum absolute atomic E-state index is 0.126. The van der Waals surface area contributed by atoms with Crippen LogP contribution >= 0.6 is 11.3 Å². The van der Waals surface area contributed by atoms with Gasteiger partial charge in [0.25, 0.3) is 5.91 Å². The third-order valence-electron chi connectivity index (χ3n) is 6.01. The van der Waals surface area contributed by atoms with Crippen LogP contribution in [0.15, 0.2) is 47.8 Å². The fourth-order valence-electron chi connectivity index (χ4n) is 4.53. The molecule has 1 aromatic carbocycles. The first-order valence-electron chi connectivity index (χ1n) is 10.1. The van der Waals surface area contributed by atoms with Gasteiger partial charge in [-0.2, -0.15) is 0 Å². The second-order valence-electron chi connectivity index (χ2n) is 7.99. The molecule has 2 aliphatic rings. The number of likely N-dealkylation sites (tertiary alicyclic amines) is 1. The van der Waals surface area contributed by atoms with Crippen molar-refractivity contribution in [3.8, 4) is 10.4 Å². The Kier molecular flexibility index (Phi) is 4.59. The quantitative estimate of drug-likeness (QED) is 0.657. The summed E-state index contributed by atoms with van der Waals surface area (Å²) in [5.41, 5.74) is 3.80. The first kappa shape index (κ1) is 18.3. The highest BCUT2D eigenvalue weighted by molar-refractivity contribution is 7.13. The molecule has 0 unspecified atom stereocenters. The number of nitrogens with zero attached hydrogens (tertiary/aromatic N) is 4. The average molecular weight is 405 g/mol. The number of carbonyl (C=O) groups is 1. The highest BCUT2D eigenvalue weighted by Gasteiger charge is 2.45. The van der Waals surface area contributed by atoms with Gasteiger partial charge in [0.1, 0.15) is 0 Å². The zero-order valence-corrected chi connectivity index (χ0v) is 17.5. The van der Waals surface area contributed by atoms with Crippen LogP contribution in [-0.4, -0.2) is 46.5 Å². The number of anilines is 1. The molecule has 2 aromatic heterocycles. The molecule has 148 valence electrons. The van der Waals surface area contributed by atoms with Gasteiger partial charge in [-0.15, -0.1) is 11.3 Å². The molecule has 6 heteroatoms. The predicted molar refractivity (Wildman–Crippen MR) is 116 cm³/mol. The van der Waals surface area contributed by atoms with Gasteiger partial charge in [0.05, 0.1) is 6.04 Å². The molecule has 29 heavy (non-hydrogen) atoms. The number of rotatable bonds is 3. The van der Waals surface area contributed by atoms with Crippen LogP contribution in [0, 0.1) is 19.8 Å². The molecule has 5 nitrogen and oxygen atoms in total. The number of hydrogen-bond acceptors (Lipinski definition) is 5. The summed E-state index contributed by atoms with van der Waals surface area (Å²) in [5, 5.41) is 2.05. The third-order valence-corrected chi connectivity index (χ3v) is 6.91.